The van der Waals surface area contributed by atoms with E-state index in [4.69, 9.17) is 0 Å². The first-order chi connectivity index (χ1) is 7.04. The number of benzene rings is 1. The molecule has 0 aliphatic rings. The Morgan fingerprint density at radius 3 is 2.33 bits per heavy atom. The highest BCUT2D eigenvalue weighted by molar-refractivity contribution is 14.1. The molecule has 0 aliphatic heterocycles. The van der Waals surface area contributed by atoms with Crippen LogP contribution >= 0.6 is 22.9 Å². The molecule has 2 amide bonds. The summed E-state index contributed by atoms with van der Waals surface area (Å²) in [6.45, 7) is 3.93. The van der Waals surface area contributed by atoms with Gasteiger partial charge in [-0.15, -0.1) is 0 Å². The van der Waals surface area contributed by atoms with E-state index in [0.717, 1.165) is 11.1 Å². The molecule has 5 heteroatoms. The van der Waals surface area contributed by atoms with E-state index >= 15 is 0 Å². The van der Waals surface area contributed by atoms with E-state index in [9.17, 15) is 9.59 Å². The summed E-state index contributed by atoms with van der Waals surface area (Å²) in [6, 6.07) is 5.49. The van der Waals surface area contributed by atoms with Crippen molar-refractivity contribution in [3.8, 4) is 0 Å². The summed E-state index contributed by atoms with van der Waals surface area (Å²) in [5, 5.41) is 2.50. The van der Waals surface area contributed by atoms with Gasteiger partial charge in [0, 0.05) is 5.69 Å². The fraction of sp³-hybridized carbons (Fsp3) is 0.200. The molecule has 0 aliphatic carbocycles. The maximum atomic E-state index is 11.2. The molecule has 0 saturated heterocycles. The summed E-state index contributed by atoms with van der Waals surface area (Å²) in [5.74, 6) is -1.32. The van der Waals surface area contributed by atoms with Gasteiger partial charge in [0.25, 0.3) is 0 Å². The molecule has 1 aromatic carbocycles. The number of aryl methyl sites for hydroxylation is 2. The third kappa shape index (κ3) is 3.19. The summed E-state index contributed by atoms with van der Waals surface area (Å²) in [5.41, 5.74) is 2.84. The number of carbonyl (C=O) groups excluding carboxylic acids is 2. The lowest BCUT2D eigenvalue weighted by atomic mass is 10.1. The quantitative estimate of drug-likeness (QED) is 0.470. The predicted molar refractivity (Wildman–Crippen MR) is 66.7 cm³/mol. The van der Waals surface area contributed by atoms with E-state index in [1.165, 1.54) is 0 Å². The highest BCUT2D eigenvalue weighted by Gasteiger charge is 2.11. The molecule has 0 saturated carbocycles. The Kier molecular flexibility index (Phi) is 4.07. The zero-order valence-electron chi connectivity index (χ0n) is 8.43. The summed E-state index contributed by atoms with van der Waals surface area (Å²) in [4.78, 5) is 22.1. The van der Waals surface area contributed by atoms with Crippen LogP contribution in [0.4, 0.5) is 5.69 Å². The monoisotopic (exact) mass is 318 g/mol. The van der Waals surface area contributed by atoms with E-state index in [1.807, 2.05) is 26.0 Å². The second kappa shape index (κ2) is 5.11. The molecule has 1 aromatic rings. The zero-order chi connectivity index (χ0) is 11.4. The van der Waals surface area contributed by atoms with Crippen molar-refractivity contribution >= 4 is 40.4 Å². The topological polar surface area (TPSA) is 58.2 Å². The smallest absolute Gasteiger partial charge is 0.318 e. The lowest BCUT2D eigenvalue weighted by Gasteiger charge is -2.06. The van der Waals surface area contributed by atoms with Gasteiger partial charge in [-0.1, -0.05) is 6.07 Å². The predicted octanol–water partition coefficient (Wildman–Crippen LogP) is 1.71. The molecule has 1 rings (SSSR count). The van der Waals surface area contributed by atoms with Crippen molar-refractivity contribution in [2.45, 2.75) is 13.8 Å². The van der Waals surface area contributed by atoms with Crippen LogP contribution in [0.5, 0.6) is 0 Å². The molecular weight excluding hydrogens is 307 g/mol. The number of rotatable bonds is 1. The van der Waals surface area contributed by atoms with Gasteiger partial charge in [0.15, 0.2) is 0 Å². The Balaban J connectivity index is 2.77. The minimum Gasteiger partial charge on any atom is -0.318 e. The highest BCUT2D eigenvalue weighted by atomic mass is 127. The van der Waals surface area contributed by atoms with Crippen LogP contribution < -0.4 is 8.85 Å². The Bertz CT molecular complexity index is 404. The number of amides is 2. The summed E-state index contributed by atoms with van der Waals surface area (Å²) in [6.07, 6.45) is 0. The molecule has 2 N–H and O–H groups in total. The third-order valence-corrected chi connectivity index (χ3v) is 2.55. The van der Waals surface area contributed by atoms with Crippen LogP contribution in [0.1, 0.15) is 11.1 Å². The van der Waals surface area contributed by atoms with E-state index in [-0.39, 0.29) is 0 Å². The number of nitrogens with one attached hydrogen (secondary N) is 2. The van der Waals surface area contributed by atoms with E-state index in [1.54, 1.807) is 28.9 Å². The lowest BCUT2D eigenvalue weighted by molar-refractivity contribution is -0.134. The fourth-order valence-corrected chi connectivity index (χ4v) is 1.29. The van der Waals surface area contributed by atoms with Gasteiger partial charge in [0.2, 0.25) is 0 Å². The molecule has 0 aromatic heterocycles. The Labute approximate surface area is 102 Å². The number of anilines is 1. The van der Waals surface area contributed by atoms with Crippen LogP contribution in [0.15, 0.2) is 18.2 Å². The molecule has 15 heavy (non-hydrogen) atoms. The Hall–Kier alpha value is -1.11. The first kappa shape index (κ1) is 12.0. The number of halogens is 1. The minimum atomic E-state index is -0.660. The maximum absolute atomic E-state index is 11.2. The number of carbonyl (C=O) groups is 2. The fourth-order valence-electron chi connectivity index (χ4n) is 1.05. The Morgan fingerprint density at radius 1 is 1.13 bits per heavy atom. The highest BCUT2D eigenvalue weighted by Crippen LogP contribution is 2.13. The van der Waals surface area contributed by atoms with Crippen molar-refractivity contribution in [1.82, 2.24) is 3.53 Å². The molecule has 0 unspecified atom stereocenters. The molecule has 0 bridgehead atoms. The molecule has 0 radical (unpaired) electrons. The second-order valence-corrected chi connectivity index (χ2v) is 3.72. The van der Waals surface area contributed by atoms with Gasteiger partial charge in [-0.05, 0) is 37.1 Å². The van der Waals surface area contributed by atoms with Gasteiger partial charge in [0.05, 0.1) is 22.9 Å². The molecule has 0 fully saturated rings. The maximum Gasteiger partial charge on any atom is 0.318 e. The molecule has 0 heterocycles. The molecule has 4 nitrogen and oxygen atoms in total. The standard InChI is InChI=1S/C10H11IN2O2/c1-6-3-4-8(5-7(6)2)12-9(14)10(15)13-11/h3-5H,1-2H3,(H,12,14)(H,13,15). The SMILES string of the molecule is Cc1ccc(NC(=O)C(=O)NI)cc1C. The molecular formula is C10H11IN2O2. The van der Waals surface area contributed by atoms with Gasteiger partial charge >= 0.3 is 11.8 Å². The van der Waals surface area contributed by atoms with Crippen LogP contribution in [0.2, 0.25) is 0 Å². The Morgan fingerprint density at radius 2 is 1.80 bits per heavy atom. The van der Waals surface area contributed by atoms with Gasteiger partial charge < -0.3 is 5.32 Å². The number of hydrogen-bond acceptors (Lipinski definition) is 2. The van der Waals surface area contributed by atoms with Gasteiger partial charge in [-0.25, -0.2) is 0 Å². The van der Waals surface area contributed by atoms with Crippen molar-refractivity contribution in [3.63, 3.8) is 0 Å². The lowest BCUT2D eigenvalue weighted by Crippen LogP contribution is -2.29. The third-order valence-electron chi connectivity index (χ3n) is 2.06. The zero-order valence-corrected chi connectivity index (χ0v) is 10.6. The van der Waals surface area contributed by atoms with E-state index in [2.05, 4.69) is 8.85 Å². The van der Waals surface area contributed by atoms with Crippen LogP contribution in [0.3, 0.4) is 0 Å². The van der Waals surface area contributed by atoms with E-state index < -0.39 is 11.8 Å². The van der Waals surface area contributed by atoms with E-state index in [0.29, 0.717) is 5.69 Å². The van der Waals surface area contributed by atoms with Gasteiger partial charge in [-0.3, -0.25) is 13.1 Å². The average molecular weight is 318 g/mol. The summed E-state index contributed by atoms with van der Waals surface area (Å²) in [7, 11) is 0. The largest absolute Gasteiger partial charge is 0.318 e. The van der Waals surface area contributed by atoms with Crippen LogP contribution in [-0.4, -0.2) is 11.8 Å². The molecule has 0 atom stereocenters. The van der Waals surface area contributed by atoms with Crippen molar-refractivity contribution in [3.05, 3.63) is 29.3 Å². The average Bonchev–Trinajstić information content (AvgIpc) is 2.22. The van der Waals surface area contributed by atoms with Crippen LogP contribution in [-0.2, 0) is 9.59 Å². The van der Waals surface area contributed by atoms with Crippen molar-refractivity contribution in [2.24, 2.45) is 0 Å². The van der Waals surface area contributed by atoms with Crippen LogP contribution in [0.25, 0.3) is 0 Å². The second-order valence-electron chi connectivity index (χ2n) is 3.18. The minimum absolute atomic E-state index is 0.628. The number of hydrogen-bond donors (Lipinski definition) is 2. The van der Waals surface area contributed by atoms with Crippen molar-refractivity contribution in [2.75, 3.05) is 5.32 Å². The van der Waals surface area contributed by atoms with Gasteiger partial charge in [-0.2, -0.15) is 0 Å². The molecule has 0 spiro atoms. The first-order valence-corrected chi connectivity index (χ1v) is 5.41. The molecule has 80 valence electrons. The first-order valence-electron chi connectivity index (χ1n) is 4.34. The summed E-state index contributed by atoms with van der Waals surface area (Å²) >= 11 is 1.62. The van der Waals surface area contributed by atoms with Crippen molar-refractivity contribution < 1.29 is 9.59 Å². The van der Waals surface area contributed by atoms with Gasteiger partial charge in [0.1, 0.15) is 0 Å². The normalized spacial score (nSPS) is 9.53. The summed E-state index contributed by atoms with van der Waals surface area (Å²) < 4.78 is 2.23. The van der Waals surface area contributed by atoms with Crippen LogP contribution in [0, 0.1) is 13.8 Å². The van der Waals surface area contributed by atoms with Crippen molar-refractivity contribution in [1.29, 1.82) is 0 Å².